The molecule has 3 N–H and O–H groups in total. The van der Waals surface area contributed by atoms with Crippen LogP contribution in [0.1, 0.15) is 53.2 Å². The van der Waals surface area contributed by atoms with E-state index in [-0.39, 0.29) is 11.7 Å². The predicted molar refractivity (Wildman–Crippen MR) is 185 cm³/mol. The fourth-order valence-corrected chi connectivity index (χ4v) is 6.06. The van der Waals surface area contributed by atoms with Crippen LogP contribution in [0.3, 0.4) is 0 Å². The molecule has 6 rings (SSSR count). The number of nitrogens with zero attached hydrogens (tertiary/aromatic N) is 4. The predicted octanol–water partition coefficient (Wildman–Crippen LogP) is 7.64. The van der Waals surface area contributed by atoms with E-state index in [0.717, 1.165) is 53.0 Å². The molecule has 47 heavy (non-hydrogen) atoms. The summed E-state index contributed by atoms with van der Waals surface area (Å²) in [6.45, 7) is 0.983. The minimum atomic E-state index is -0.710. The molecule has 2 heterocycles. The maximum Gasteiger partial charge on any atom is 0.246 e. The Morgan fingerprint density at radius 1 is 0.830 bits per heavy atom. The van der Waals surface area contributed by atoms with Gasteiger partial charge < -0.3 is 20.4 Å². The van der Waals surface area contributed by atoms with E-state index in [9.17, 15) is 4.79 Å². The number of hydrogen-bond donors (Lipinski definition) is 2. The van der Waals surface area contributed by atoms with Crippen LogP contribution in [0.4, 0.5) is 0 Å². The molecule has 4 aromatic carbocycles. The molecule has 0 bridgehead atoms. The number of aromatic nitrogens is 2. The Balaban J connectivity index is 0.000000281. The number of benzene rings is 4. The van der Waals surface area contributed by atoms with Crippen molar-refractivity contribution < 1.29 is 14.5 Å². The number of rotatable bonds is 10. The second kappa shape index (κ2) is 16.3. The average Bonchev–Trinajstić information content (AvgIpc) is 3.57. The summed E-state index contributed by atoms with van der Waals surface area (Å²) in [5, 5.41) is 16.8. The van der Waals surface area contributed by atoms with Crippen LogP contribution < -0.4 is 5.73 Å². The fraction of sp³-hybridized carbons (Fsp3) is 0.243. The standard InChI is InChI=1S/C28H26ClN3O2.C9H11ClN2O/c29-24-15-12-21(13-16-24)14-17-25-30-26(34-31-25)20-32-19-7-18-28(27(32)33,22-8-3-1-4-9-22)23-10-5-2-6-11-23;10-8-4-1-7(2-5-8)3-6-9(11)12-13/h1-6,8-13,15-16H,7,14,17-20H2;1-2,4-5,13H,3,6H2,(H2,11,12). The van der Waals surface area contributed by atoms with Crippen LogP contribution in [0.2, 0.25) is 10.0 Å². The van der Waals surface area contributed by atoms with Gasteiger partial charge in [-0.05, 0) is 72.2 Å². The summed E-state index contributed by atoms with van der Waals surface area (Å²) in [6, 6.07) is 35.4. The van der Waals surface area contributed by atoms with Crippen molar-refractivity contribution in [1.82, 2.24) is 15.0 Å². The van der Waals surface area contributed by atoms with E-state index in [0.29, 0.717) is 42.7 Å². The molecule has 1 saturated heterocycles. The van der Waals surface area contributed by atoms with Crippen molar-refractivity contribution in [1.29, 1.82) is 0 Å². The summed E-state index contributed by atoms with van der Waals surface area (Å²) >= 11 is 11.7. The minimum Gasteiger partial charge on any atom is -0.409 e. The highest BCUT2D eigenvalue weighted by Crippen LogP contribution is 2.41. The first kappa shape index (κ1) is 33.7. The topological polar surface area (TPSA) is 118 Å². The Morgan fingerprint density at radius 3 is 1.94 bits per heavy atom. The summed E-state index contributed by atoms with van der Waals surface area (Å²) in [4.78, 5) is 20.5. The molecule has 1 aromatic heterocycles. The highest BCUT2D eigenvalue weighted by atomic mass is 35.5. The molecule has 0 unspecified atom stereocenters. The lowest BCUT2D eigenvalue weighted by molar-refractivity contribution is -0.140. The molecule has 1 amide bonds. The van der Waals surface area contributed by atoms with Crippen molar-refractivity contribution in [2.75, 3.05) is 6.54 Å². The van der Waals surface area contributed by atoms with Gasteiger partial charge in [-0.15, -0.1) is 0 Å². The van der Waals surface area contributed by atoms with Gasteiger partial charge >= 0.3 is 0 Å². The Morgan fingerprint density at radius 2 is 1.38 bits per heavy atom. The lowest BCUT2D eigenvalue weighted by atomic mass is 9.68. The zero-order valence-corrected chi connectivity index (χ0v) is 27.4. The van der Waals surface area contributed by atoms with Crippen molar-refractivity contribution in [3.05, 3.63) is 153 Å². The minimum absolute atomic E-state index is 0.0806. The van der Waals surface area contributed by atoms with Crippen LogP contribution >= 0.6 is 23.2 Å². The molecular formula is C37H37Cl2N5O3. The van der Waals surface area contributed by atoms with Crippen molar-refractivity contribution in [2.24, 2.45) is 10.9 Å². The quantitative estimate of drug-likeness (QED) is 0.0683. The van der Waals surface area contributed by atoms with E-state index < -0.39 is 5.41 Å². The van der Waals surface area contributed by atoms with Gasteiger partial charge in [0.1, 0.15) is 12.4 Å². The summed E-state index contributed by atoms with van der Waals surface area (Å²) in [7, 11) is 0. The number of likely N-dealkylation sites (tertiary alicyclic amines) is 1. The number of oxime groups is 1. The van der Waals surface area contributed by atoms with E-state index in [2.05, 4.69) is 39.6 Å². The number of piperidine rings is 1. The van der Waals surface area contributed by atoms with Crippen molar-refractivity contribution in [3.8, 4) is 0 Å². The average molecular weight is 671 g/mol. The monoisotopic (exact) mass is 669 g/mol. The van der Waals surface area contributed by atoms with Crippen molar-refractivity contribution in [3.63, 3.8) is 0 Å². The summed E-state index contributed by atoms with van der Waals surface area (Å²) in [5.74, 6) is 1.44. The van der Waals surface area contributed by atoms with E-state index in [1.165, 1.54) is 0 Å². The SMILES string of the molecule is NC(CCc1ccc(Cl)cc1)=NO.O=C1N(Cc2nc(CCc3ccc(Cl)cc3)no2)CCCC1(c1ccccc1)c1ccccc1. The molecular weight excluding hydrogens is 633 g/mol. The lowest BCUT2D eigenvalue weighted by Gasteiger charge is -2.42. The van der Waals surface area contributed by atoms with E-state index >= 15 is 0 Å². The molecule has 242 valence electrons. The molecule has 0 spiro atoms. The zero-order chi connectivity index (χ0) is 33.1. The van der Waals surface area contributed by atoms with Crippen LogP contribution in [0.25, 0.3) is 0 Å². The van der Waals surface area contributed by atoms with Crippen LogP contribution in [-0.2, 0) is 36.0 Å². The molecule has 0 aliphatic carbocycles. The van der Waals surface area contributed by atoms with Crippen LogP contribution in [-0.4, -0.2) is 38.5 Å². The van der Waals surface area contributed by atoms with Gasteiger partial charge in [0.2, 0.25) is 11.8 Å². The maximum absolute atomic E-state index is 14.0. The second-order valence-electron chi connectivity index (χ2n) is 11.4. The van der Waals surface area contributed by atoms with Crippen molar-refractivity contribution in [2.45, 2.75) is 50.5 Å². The fourth-order valence-electron chi connectivity index (χ4n) is 5.81. The number of hydrogen-bond acceptors (Lipinski definition) is 6. The first-order chi connectivity index (χ1) is 22.9. The highest BCUT2D eigenvalue weighted by Gasteiger charge is 2.46. The second-order valence-corrected chi connectivity index (χ2v) is 12.3. The van der Waals surface area contributed by atoms with Gasteiger partial charge in [-0.25, -0.2) is 0 Å². The van der Waals surface area contributed by atoms with Gasteiger partial charge in [-0.1, -0.05) is 118 Å². The Labute approximate surface area is 284 Å². The molecule has 8 nitrogen and oxygen atoms in total. The normalized spacial score (nSPS) is 14.4. The van der Waals surface area contributed by atoms with E-state index in [1.54, 1.807) is 0 Å². The third kappa shape index (κ3) is 8.78. The highest BCUT2D eigenvalue weighted by molar-refractivity contribution is 6.30. The maximum atomic E-state index is 14.0. The third-order valence-electron chi connectivity index (χ3n) is 8.26. The number of carbonyl (C=O) groups is 1. The van der Waals surface area contributed by atoms with E-state index in [4.69, 9.17) is 38.7 Å². The van der Waals surface area contributed by atoms with Crippen LogP contribution in [0.5, 0.6) is 0 Å². The summed E-state index contributed by atoms with van der Waals surface area (Å²) in [5.41, 5.74) is 8.94. The molecule has 1 aliphatic rings. The number of amides is 1. The molecule has 0 atom stereocenters. The third-order valence-corrected chi connectivity index (χ3v) is 8.77. The van der Waals surface area contributed by atoms with Gasteiger partial charge in [0, 0.05) is 29.4 Å². The Hall–Kier alpha value is -4.66. The number of nitrogens with two attached hydrogens (primary N) is 1. The van der Waals surface area contributed by atoms with Gasteiger partial charge in [0.25, 0.3) is 0 Å². The van der Waals surface area contributed by atoms with Gasteiger partial charge in [-0.3, -0.25) is 4.79 Å². The Kier molecular flexibility index (Phi) is 11.7. The number of aryl methyl sites for hydroxylation is 3. The largest absolute Gasteiger partial charge is 0.409 e. The molecule has 1 aliphatic heterocycles. The molecule has 1 fully saturated rings. The first-order valence-corrected chi connectivity index (χ1v) is 16.3. The van der Waals surface area contributed by atoms with Gasteiger partial charge in [-0.2, -0.15) is 4.98 Å². The van der Waals surface area contributed by atoms with E-state index in [1.807, 2.05) is 89.8 Å². The van der Waals surface area contributed by atoms with Crippen LogP contribution in [0.15, 0.2) is 119 Å². The number of halogens is 2. The summed E-state index contributed by atoms with van der Waals surface area (Å²) < 4.78 is 5.53. The first-order valence-electron chi connectivity index (χ1n) is 15.5. The van der Waals surface area contributed by atoms with Gasteiger partial charge in [0.15, 0.2) is 5.82 Å². The summed E-state index contributed by atoms with van der Waals surface area (Å²) in [6.07, 6.45) is 4.44. The van der Waals surface area contributed by atoms with Crippen LogP contribution in [0, 0.1) is 0 Å². The Bertz CT molecular complexity index is 1710. The molecule has 10 heteroatoms. The molecule has 0 radical (unpaired) electrons. The number of carbonyl (C=O) groups excluding carboxylic acids is 1. The molecule has 0 saturated carbocycles. The van der Waals surface area contributed by atoms with Crippen molar-refractivity contribution >= 4 is 34.9 Å². The van der Waals surface area contributed by atoms with Gasteiger partial charge in [0.05, 0.1) is 5.41 Å². The number of amidine groups is 1. The molecule has 5 aromatic rings. The zero-order valence-electron chi connectivity index (χ0n) is 25.9. The lowest BCUT2D eigenvalue weighted by Crippen LogP contribution is -2.51. The smallest absolute Gasteiger partial charge is 0.246 e.